The third-order valence-electron chi connectivity index (χ3n) is 5.33. The van der Waals surface area contributed by atoms with Crippen LogP contribution in [0.4, 0.5) is 14.5 Å². The molecular formula is C20H19F2N3O3. The molecule has 2 amide bonds. The highest BCUT2D eigenvalue weighted by Crippen LogP contribution is 2.33. The Morgan fingerprint density at radius 1 is 1.18 bits per heavy atom. The van der Waals surface area contributed by atoms with Gasteiger partial charge in [0.05, 0.1) is 23.9 Å². The van der Waals surface area contributed by atoms with Crippen molar-refractivity contribution in [3.63, 3.8) is 0 Å². The predicted molar refractivity (Wildman–Crippen MR) is 96.8 cm³/mol. The summed E-state index contributed by atoms with van der Waals surface area (Å²) in [6, 6.07) is 7.26. The molecule has 8 heteroatoms. The number of carbonyl (C=O) groups excluding carboxylic acids is 2. The Balaban J connectivity index is 1.47. The maximum absolute atomic E-state index is 13.8. The van der Waals surface area contributed by atoms with Gasteiger partial charge in [-0.15, -0.1) is 0 Å². The Hall–Kier alpha value is -2.87. The number of amides is 2. The fraction of sp³-hybridized carbons (Fsp3) is 0.350. The fourth-order valence-corrected chi connectivity index (χ4v) is 3.73. The van der Waals surface area contributed by atoms with Crippen molar-refractivity contribution in [2.45, 2.75) is 18.4 Å². The molecule has 0 atom stereocenters. The van der Waals surface area contributed by atoms with E-state index in [1.54, 1.807) is 17.0 Å². The number of nitrogens with zero attached hydrogens (tertiary/aromatic N) is 3. The summed E-state index contributed by atoms with van der Waals surface area (Å²) in [5.41, 5.74) is -0.120. The number of hydrogen-bond donors (Lipinski definition) is 0. The van der Waals surface area contributed by atoms with Gasteiger partial charge in [-0.2, -0.15) is 0 Å². The third-order valence-corrected chi connectivity index (χ3v) is 5.33. The van der Waals surface area contributed by atoms with Crippen LogP contribution in [0.2, 0.25) is 0 Å². The lowest BCUT2D eigenvalue weighted by atomic mass is 9.88. The molecule has 0 N–H and O–H groups in total. The van der Waals surface area contributed by atoms with E-state index in [0.717, 1.165) is 6.20 Å². The van der Waals surface area contributed by atoms with E-state index in [1.165, 1.54) is 29.3 Å². The first-order valence-corrected chi connectivity index (χ1v) is 9.06. The van der Waals surface area contributed by atoms with Crippen molar-refractivity contribution in [3.05, 3.63) is 59.9 Å². The van der Waals surface area contributed by atoms with Crippen molar-refractivity contribution in [3.8, 4) is 0 Å². The summed E-state index contributed by atoms with van der Waals surface area (Å²) >= 11 is 0. The number of piperidine rings is 1. The van der Waals surface area contributed by atoms with E-state index in [9.17, 15) is 18.4 Å². The number of pyridine rings is 1. The first-order chi connectivity index (χ1) is 13.5. The Morgan fingerprint density at radius 2 is 1.96 bits per heavy atom. The van der Waals surface area contributed by atoms with E-state index >= 15 is 0 Å². The van der Waals surface area contributed by atoms with E-state index in [2.05, 4.69) is 4.98 Å². The average molecular weight is 387 g/mol. The third kappa shape index (κ3) is 3.47. The Labute approximate surface area is 160 Å². The van der Waals surface area contributed by atoms with Crippen molar-refractivity contribution >= 4 is 17.5 Å². The van der Waals surface area contributed by atoms with Gasteiger partial charge in [0.1, 0.15) is 12.4 Å². The van der Waals surface area contributed by atoms with Gasteiger partial charge in [0.2, 0.25) is 0 Å². The van der Waals surface area contributed by atoms with Crippen LogP contribution in [0.1, 0.15) is 23.2 Å². The highest BCUT2D eigenvalue weighted by Gasteiger charge is 2.43. The molecule has 2 fully saturated rings. The second-order valence-corrected chi connectivity index (χ2v) is 7.08. The van der Waals surface area contributed by atoms with Crippen LogP contribution in [0.3, 0.4) is 0 Å². The van der Waals surface area contributed by atoms with Gasteiger partial charge in [0, 0.05) is 25.0 Å². The largest absolute Gasteiger partial charge is 0.363 e. The highest BCUT2D eigenvalue weighted by molar-refractivity contribution is 5.95. The summed E-state index contributed by atoms with van der Waals surface area (Å²) in [4.78, 5) is 31.6. The monoisotopic (exact) mass is 387 g/mol. The number of halogens is 2. The fourth-order valence-electron chi connectivity index (χ4n) is 3.73. The van der Waals surface area contributed by atoms with Gasteiger partial charge in [-0.05, 0) is 37.1 Å². The van der Waals surface area contributed by atoms with Crippen molar-refractivity contribution in [2.75, 3.05) is 31.1 Å². The minimum atomic E-state index is -0.649. The zero-order valence-electron chi connectivity index (χ0n) is 15.1. The lowest BCUT2D eigenvalue weighted by molar-refractivity contribution is -0.143. The standard InChI is InChI=1S/C20H19F2N3O3/c21-14-2-1-3-15(10-14)25-13-20(28-12-18(25)26)5-8-24(9-6-20)19(27)16-4-7-23-11-17(16)22/h1-4,7,10-11H,5-6,8-9,12-13H2. The number of likely N-dealkylation sites (tertiary alicyclic amines) is 1. The van der Waals surface area contributed by atoms with Crippen LogP contribution in [0, 0.1) is 11.6 Å². The zero-order chi connectivity index (χ0) is 19.7. The normalized spacial score (nSPS) is 19.1. The van der Waals surface area contributed by atoms with Gasteiger partial charge in [-0.25, -0.2) is 8.78 Å². The lowest BCUT2D eigenvalue weighted by Crippen LogP contribution is -2.59. The van der Waals surface area contributed by atoms with Crippen molar-refractivity contribution < 1.29 is 23.1 Å². The first kappa shape index (κ1) is 18.5. The van der Waals surface area contributed by atoms with Crippen LogP contribution in [-0.4, -0.2) is 53.5 Å². The summed E-state index contributed by atoms with van der Waals surface area (Å²) in [6.07, 6.45) is 3.41. The van der Waals surface area contributed by atoms with Crippen LogP contribution in [0.15, 0.2) is 42.7 Å². The molecule has 0 unspecified atom stereocenters. The summed E-state index contributed by atoms with van der Waals surface area (Å²) in [5.74, 6) is -1.67. The van der Waals surface area contributed by atoms with Gasteiger partial charge >= 0.3 is 0 Å². The van der Waals surface area contributed by atoms with Crippen LogP contribution < -0.4 is 4.90 Å². The van der Waals surface area contributed by atoms with E-state index < -0.39 is 17.2 Å². The molecule has 2 aliphatic rings. The van der Waals surface area contributed by atoms with Crippen molar-refractivity contribution in [1.29, 1.82) is 0 Å². The number of aromatic nitrogens is 1. The predicted octanol–water partition coefficient (Wildman–Crippen LogP) is 2.40. The Bertz CT molecular complexity index is 913. The van der Waals surface area contributed by atoms with Crippen molar-refractivity contribution in [2.24, 2.45) is 0 Å². The molecule has 1 aromatic heterocycles. The number of carbonyl (C=O) groups is 2. The number of morpholine rings is 1. The number of rotatable bonds is 2. The highest BCUT2D eigenvalue weighted by atomic mass is 19.1. The summed E-state index contributed by atoms with van der Waals surface area (Å²) in [7, 11) is 0. The smallest absolute Gasteiger partial charge is 0.256 e. The molecule has 28 heavy (non-hydrogen) atoms. The molecule has 146 valence electrons. The van der Waals surface area contributed by atoms with Gasteiger partial charge < -0.3 is 14.5 Å². The van der Waals surface area contributed by atoms with Crippen LogP contribution in [0.5, 0.6) is 0 Å². The molecule has 0 bridgehead atoms. The topological polar surface area (TPSA) is 62.7 Å². The van der Waals surface area contributed by atoms with Gasteiger partial charge in [0.25, 0.3) is 11.8 Å². The Morgan fingerprint density at radius 3 is 2.68 bits per heavy atom. The maximum atomic E-state index is 13.8. The van der Waals surface area contributed by atoms with Crippen molar-refractivity contribution in [1.82, 2.24) is 9.88 Å². The van der Waals surface area contributed by atoms with E-state index in [0.29, 0.717) is 38.2 Å². The number of ether oxygens (including phenoxy) is 1. The molecule has 2 aliphatic heterocycles. The molecule has 6 nitrogen and oxygen atoms in total. The van der Waals surface area contributed by atoms with Gasteiger partial charge in [0.15, 0.2) is 5.82 Å². The zero-order valence-corrected chi connectivity index (χ0v) is 15.1. The second-order valence-electron chi connectivity index (χ2n) is 7.08. The molecular weight excluding hydrogens is 368 g/mol. The molecule has 2 saturated heterocycles. The Kier molecular flexibility index (Phi) is 4.80. The molecule has 1 aromatic carbocycles. The quantitative estimate of drug-likeness (QED) is 0.794. The first-order valence-electron chi connectivity index (χ1n) is 9.06. The summed E-state index contributed by atoms with van der Waals surface area (Å²) in [5, 5.41) is 0. The van der Waals surface area contributed by atoms with E-state index in [4.69, 9.17) is 4.74 Å². The maximum Gasteiger partial charge on any atom is 0.256 e. The molecule has 1 spiro atoms. The number of hydrogen-bond acceptors (Lipinski definition) is 4. The van der Waals surface area contributed by atoms with Crippen LogP contribution in [-0.2, 0) is 9.53 Å². The van der Waals surface area contributed by atoms with Crippen LogP contribution in [0.25, 0.3) is 0 Å². The van der Waals surface area contributed by atoms with Gasteiger partial charge in [-0.3, -0.25) is 14.6 Å². The molecule has 0 saturated carbocycles. The average Bonchev–Trinajstić information content (AvgIpc) is 2.70. The molecule has 4 rings (SSSR count). The number of benzene rings is 1. The summed E-state index contributed by atoms with van der Waals surface area (Å²) < 4.78 is 33.3. The van der Waals surface area contributed by atoms with E-state index in [1.807, 2.05) is 0 Å². The molecule has 0 radical (unpaired) electrons. The molecule has 2 aromatic rings. The number of anilines is 1. The minimum Gasteiger partial charge on any atom is -0.363 e. The minimum absolute atomic E-state index is 0.00734. The lowest BCUT2D eigenvalue weighted by Gasteiger charge is -2.47. The SMILES string of the molecule is O=C(c1ccncc1F)N1CCC2(CC1)CN(c1cccc(F)c1)C(=O)CO2. The molecule has 3 heterocycles. The second kappa shape index (κ2) is 7.27. The molecule has 0 aliphatic carbocycles. The van der Waals surface area contributed by atoms with Gasteiger partial charge in [-0.1, -0.05) is 6.07 Å². The van der Waals surface area contributed by atoms with Crippen LogP contribution >= 0.6 is 0 Å². The summed E-state index contributed by atoms with van der Waals surface area (Å²) in [6.45, 7) is 0.960. The van der Waals surface area contributed by atoms with E-state index in [-0.39, 0.29) is 24.0 Å².